The number of halogens is 2. The van der Waals surface area contributed by atoms with Crippen molar-refractivity contribution in [1.29, 1.82) is 0 Å². The SMILES string of the molecule is CCCC/C(=C/[Se]c1ccc(F)cc1)[Se]c1ccc(F)cc1. The third-order valence-electron chi connectivity index (χ3n) is 2.98. The summed E-state index contributed by atoms with van der Waals surface area (Å²) < 4.78 is 29.8. The van der Waals surface area contributed by atoms with Crippen molar-refractivity contribution >= 4 is 38.8 Å². The molecule has 0 fully saturated rings. The molecule has 0 aliphatic heterocycles. The monoisotopic (exact) mass is 432 g/mol. The van der Waals surface area contributed by atoms with Crippen molar-refractivity contribution in [2.75, 3.05) is 0 Å². The summed E-state index contributed by atoms with van der Waals surface area (Å²) in [5.74, 6) is -0.376. The van der Waals surface area contributed by atoms with Crippen LogP contribution >= 0.6 is 0 Å². The molecule has 2 aromatic rings. The van der Waals surface area contributed by atoms with Crippen molar-refractivity contribution in [2.45, 2.75) is 26.2 Å². The average molecular weight is 430 g/mol. The quantitative estimate of drug-likeness (QED) is 0.592. The van der Waals surface area contributed by atoms with E-state index in [9.17, 15) is 8.78 Å². The maximum absolute atomic E-state index is 13.0. The molecular formula is C18H18F2Se2. The van der Waals surface area contributed by atoms with Crippen molar-refractivity contribution in [1.82, 2.24) is 0 Å². The van der Waals surface area contributed by atoms with Gasteiger partial charge < -0.3 is 0 Å². The van der Waals surface area contributed by atoms with E-state index in [0.29, 0.717) is 0 Å². The Morgan fingerprint density at radius 1 is 0.909 bits per heavy atom. The Morgan fingerprint density at radius 3 is 2.00 bits per heavy atom. The molecule has 22 heavy (non-hydrogen) atoms. The second-order valence-electron chi connectivity index (χ2n) is 4.82. The number of allylic oxidation sites excluding steroid dienone is 1. The van der Waals surface area contributed by atoms with Gasteiger partial charge in [0, 0.05) is 0 Å². The van der Waals surface area contributed by atoms with Crippen LogP contribution in [0.2, 0.25) is 0 Å². The van der Waals surface area contributed by atoms with Crippen molar-refractivity contribution < 1.29 is 8.78 Å². The van der Waals surface area contributed by atoms with Gasteiger partial charge in [-0.1, -0.05) is 0 Å². The van der Waals surface area contributed by atoms with E-state index in [0.717, 1.165) is 6.42 Å². The van der Waals surface area contributed by atoms with E-state index in [2.05, 4.69) is 11.9 Å². The molecule has 0 atom stereocenters. The molecular weight excluding hydrogens is 412 g/mol. The molecule has 0 aliphatic rings. The molecule has 0 amide bonds. The topological polar surface area (TPSA) is 0 Å². The van der Waals surface area contributed by atoms with Crippen LogP contribution < -0.4 is 8.92 Å². The van der Waals surface area contributed by atoms with Gasteiger partial charge in [0.2, 0.25) is 0 Å². The van der Waals surface area contributed by atoms with E-state index in [1.54, 1.807) is 0 Å². The predicted octanol–water partition coefficient (Wildman–Crippen LogP) is 3.36. The summed E-state index contributed by atoms with van der Waals surface area (Å²) in [7, 11) is 0. The molecule has 0 radical (unpaired) electrons. The fourth-order valence-corrected chi connectivity index (χ4v) is 6.08. The molecule has 0 saturated heterocycles. The van der Waals surface area contributed by atoms with Gasteiger partial charge in [-0.05, 0) is 0 Å². The predicted molar refractivity (Wildman–Crippen MR) is 91.2 cm³/mol. The molecule has 0 aliphatic carbocycles. The van der Waals surface area contributed by atoms with Gasteiger partial charge >= 0.3 is 143 Å². The molecule has 0 unspecified atom stereocenters. The van der Waals surface area contributed by atoms with Crippen molar-refractivity contribution in [3.05, 3.63) is 69.6 Å². The summed E-state index contributed by atoms with van der Waals surface area (Å²) in [6, 6.07) is 13.5. The Balaban J connectivity index is 2.05. The van der Waals surface area contributed by atoms with Gasteiger partial charge in [0.25, 0.3) is 0 Å². The van der Waals surface area contributed by atoms with Crippen LogP contribution in [0.3, 0.4) is 0 Å². The summed E-state index contributed by atoms with van der Waals surface area (Å²) in [5, 5.41) is 0. The summed E-state index contributed by atoms with van der Waals surface area (Å²) in [6.07, 6.45) is 3.44. The Morgan fingerprint density at radius 2 is 1.45 bits per heavy atom. The van der Waals surface area contributed by atoms with Crippen LogP contribution in [-0.4, -0.2) is 29.9 Å². The van der Waals surface area contributed by atoms with E-state index < -0.39 is 0 Å². The van der Waals surface area contributed by atoms with Crippen LogP contribution in [-0.2, 0) is 0 Å². The molecule has 0 saturated carbocycles. The first-order valence-electron chi connectivity index (χ1n) is 7.22. The van der Waals surface area contributed by atoms with E-state index in [4.69, 9.17) is 0 Å². The fourth-order valence-electron chi connectivity index (χ4n) is 1.79. The first kappa shape index (κ1) is 17.4. The van der Waals surface area contributed by atoms with Crippen molar-refractivity contribution in [3.63, 3.8) is 0 Å². The maximum atomic E-state index is 13.0. The Hall–Kier alpha value is -0.921. The van der Waals surface area contributed by atoms with Gasteiger partial charge in [0.1, 0.15) is 0 Å². The van der Waals surface area contributed by atoms with E-state index in [1.165, 1.54) is 50.5 Å². The molecule has 0 spiro atoms. The van der Waals surface area contributed by atoms with E-state index >= 15 is 0 Å². The number of rotatable bonds is 7. The molecule has 0 bridgehead atoms. The Kier molecular flexibility index (Phi) is 7.35. The summed E-state index contributed by atoms with van der Waals surface area (Å²) >= 11 is 0.462. The van der Waals surface area contributed by atoms with Crippen LogP contribution in [0.25, 0.3) is 0 Å². The number of hydrogen-bond acceptors (Lipinski definition) is 0. The van der Waals surface area contributed by atoms with Gasteiger partial charge in [0.15, 0.2) is 0 Å². The van der Waals surface area contributed by atoms with E-state index in [-0.39, 0.29) is 41.5 Å². The zero-order valence-corrected chi connectivity index (χ0v) is 15.8. The van der Waals surface area contributed by atoms with Crippen LogP contribution in [0.15, 0.2) is 58.0 Å². The average Bonchev–Trinajstić information content (AvgIpc) is 2.53. The first-order chi connectivity index (χ1) is 10.7. The minimum absolute atomic E-state index is 0.186. The summed E-state index contributed by atoms with van der Waals surface area (Å²) in [6.45, 7) is 2.19. The third-order valence-corrected chi connectivity index (χ3v) is 8.01. The molecule has 0 N–H and O–H groups in total. The number of hydrogen-bond donors (Lipinski definition) is 0. The van der Waals surface area contributed by atoms with Crippen LogP contribution in [0.5, 0.6) is 0 Å². The van der Waals surface area contributed by atoms with Gasteiger partial charge in [-0.2, -0.15) is 0 Å². The Bertz CT molecular complexity index is 604. The Labute approximate surface area is 143 Å². The fraction of sp³-hybridized carbons (Fsp3) is 0.222. The minimum atomic E-state index is -0.190. The molecule has 0 nitrogen and oxygen atoms in total. The molecule has 2 rings (SSSR count). The van der Waals surface area contributed by atoms with Crippen molar-refractivity contribution in [3.8, 4) is 0 Å². The second-order valence-corrected chi connectivity index (χ2v) is 9.31. The molecule has 0 aromatic heterocycles. The molecule has 116 valence electrons. The van der Waals surface area contributed by atoms with Crippen LogP contribution in [0.4, 0.5) is 8.78 Å². The van der Waals surface area contributed by atoms with Gasteiger partial charge in [-0.15, -0.1) is 0 Å². The second kappa shape index (κ2) is 9.27. The number of benzene rings is 2. The van der Waals surface area contributed by atoms with Gasteiger partial charge in [-0.25, -0.2) is 0 Å². The van der Waals surface area contributed by atoms with Crippen molar-refractivity contribution in [2.24, 2.45) is 0 Å². The number of unbranched alkanes of at least 4 members (excludes halogenated alkanes) is 1. The first-order valence-corrected chi connectivity index (χ1v) is 10.8. The van der Waals surface area contributed by atoms with Crippen LogP contribution in [0, 0.1) is 11.6 Å². The normalized spacial score (nSPS) is 11.7. The molecule has 2 aromatic carbocycles. The zero-order valence-electron chi connectivity index (χ0n) is 12.4. The summed E-state index contributed by atoms with van der Waals surface area (Å²) in [5.41, 5.74) is 0. The van der Waals surface area contributed by atoms with Crippen LogP contribution in [0.1, 0.15) is 26.2 Å². The third kappa shape index (κ3) is 6.06. The summed E-state index contributed by atoms with van der Waals surface area (Å²) in [4.78, 5) is 2.32. The standard InChI is InChI=1S/C18H18F2Se2/c1-2-3-4-18(22-17-11-7-15(20)8-12-17)13-21-16-9-5-14(19)6-10-16/h5-13H,2-4H2,1H3/b18-13-. The van der Waals surface area contributed by atoms with Gasteiger partial charge in [0.05, 0.1) is 0 Å². The zero-order chi connectivity index (χ0) is 15.8. The van der Waals surface area contributed by atoms with E-state index in [1.807, 2.05) is 24.3 Å². The molecule has 4 heteroatoms. The van der Waals surface area contributed by atoms with Gasteiger partial charge in [-0.3, -0.25) is 0 Å². The molecule has 0 heterocycles.